The van der Waals surface area contributed by atoms with E-state index < -0.39 is 0 Å². The van der Waals surface area contributed by atoms with E-state index in [2.05, 4.69) is 4.85 Å². The summed E-state index contributed by atoms with van der Waals surface area (Å²) in [4.78, 5) is 3.34. The molecular formula is C7H11NS. The van der Waals surface area contributed by atoms with Crippen molar-refractivity contribution in [3.8, 4) is 0 Å². The van der Waals surface area contributed by atoms with Gasteiger partial charge in [-0.3, -0.25) is 0 Å². The largest absolute Gasteiger partial charge is 0.317 e. The fraction of sp³-hybridized carbons (Fsp3) is 0.857. The SMILES string of the molecule is [C-]#[N+]CCC1CCCS1. The molecule has 1 heterocycles. The molecule has 2 heteroatoms. The highest BCUT2D eigenvalue weighted by Gasteiger charge is 2.15. The molecule has 0 saturated carbocycles. The van der Waals surface area contributed by atoms with E-state index in [0.29, 0.717) is 0 Å². The Labute approximate surface area is 60.6 Å². The van der Waals surface area contributed by atoms with Crippen LogP contribution in [0.25, 0.3) is 4.85 Å². The van der Waals surface area contributed by atoms with Crippen LogP contribution >= 0.6 is 11.8 Å². The van der Waals surface area contributed by atoms with Gasteiger partial charge in [0.2, 0.25) is 6.54 Å². The second-order valence-corrected chi connectivity index (χ2v) is 3.71. The highest BCUT2D eigenvalue weighted by atomic mass is 32.2. The molecule has 1 aliphatic heterocycles. The minimum Gasteiger partial charge on any atom is -0.317 e. The zero-order chi connectivity index (χ0) is 6.53. The molecule has 1 nitrogen and oxygen atoms in total. The standard InChI is InChI=1S/C7H11NS/c1-8-5-4-7-3-2-6-9-7/h7H,2-6H2. The summed E-state index contributed by atoms with van der Waals surface area (Å²) in [6.07, 6.45) is 3.84. The van der Waals surface area contributed by atoms with Crippen LogP contribution < -0.4 is 0 Å². The van der Waals surface area contributed by atoms with E-state index in [1.807, 2.05) is 11.8 Å². The second kappa shape index (κ2) is 3.79. The predicted molar refractivity (Wildman–Crippen MR) is 41.6 cm³/mol. The van der Waals surface area contributed by atoms with Crippen LogP contribution in [0, 0.1) is 6.57 Å². The van der Waals surface area contributed by atoms with Crippen molar-refractivity contribution in [2.45, 2.75) is 24.5 Å². The average Bonchev–Trinajstić information content (AvgIpc) is 2.34. The molecule has 1 aliphatic rings. The monoisotopic (exact) mass is 141 g/mol. The second-order valence-electron chi connectivity index (χ2n) is 2.31. The van der Waals surface area contributed by atoms with Gasteiger partial charge in [0.05, 0.1) is 0 Å². The predicted octanol–water partition coefficient (Wildman–Crippen LogP) is 2.19. The van der Waals surface area contributed by atoms with E-state index in [-0.39, 0.29) is 0 Å². The first-order valence-corrected chi connectivity index (χ1v) is 4.43. The van der Waals surface area contributed by atoms with E-state index in [1.54, 1.807) is 0 Å². The van der Waals surface area contributed by atoms with E-state index >= 15 is 0 Å². The Kier molecular flexibility index (Phi) is 2.93. The third-order valence-electron chi connectivity index (χ3n) is 1.59. The summed E-state index contributed by atoms with van der Waals surface area (Å²) < 4.78 is 0. The Balaban J connectivity index is 2.06. The summed E-state index contributed by atoms with van der Waals surface area (Å²) in [6.45, 7) is 7.32. The van der Waals surface area contributed by atoms with Crippen LogP contribution in [-0.2, 0) is 0 Å². The molecule has 1 fully saturated rings. The third-order valence-corrected chi connectivity index (χ3v) is 3.05. The molecule has 0 amide bonds. The van der Waals surface area contributed by atoms with Gasteiger partial charge in [-0.05, 0) is 18.6 Å². The summed E-state index contributed by atoms with van der Waals surface area (Å²) in [5.41, 5.74) is 0. The van der Waals surface area contributed by atoms with Gasteiger partial charge in [0.1, 0.15) is 0 Å². The van der Waals surface area contributed by atoms with Crippen molar-refractivity contribution in [3.63, 3.8) is 0 Å². The first kappa shape index (κ1) is 6.95. The maximum atomic E-state index is 6.58. The highest BCUT2D eigenvalue weighted by Crippen LogP contribution is 2.28. The van der Waals surface area contributed by atoms with Crippen molar-refractivity contribution >= 4 is 11.8 Å². The third kappa shape index (κ3) is 2.28. The van der Waals surface area contributed by atoms with Crippen LogP contribution in [0.2, 0.25) is 0 Å². The molecule has 0 spiro atoms. The minimum atomic E-state index is 0.734. The Bertz CT molecular complexity index is 111. The van der Waals surface area contributed by atoms with Crippen molar-refractivity contribution in [2.75, 3.05) is 12.3 Å². The minimum absolute atomic E-state index is 0.734. The van der Waals surface area contributed by atoms with E-state index in [9.17, 15) is 0 Å². The average molecular weight is 141 g/mol. The molecule has 0 bridgehead atoms. The Morgan fingerprint density at radius 3 is 3.11 bits per heavy atom. The van der Waals surface area contributed by atoms with Crippen molar-refractivity contribution in [3.05, 3.63) is 11.4 Å². The van der Waals surface area contributed by atoms with Crippen molar-refractivity contribution < 1.29 is 0 Å². The molecule has 0 aromatic rings. The van der Waals surface area contributed by atoms with E-state index in [0.717, 1.165) is 18.2 Å². The van der Waals surface area contributed by atoms with Gasteiger partial charge in [0.25, 0.3) is 0 Å². The molecule has 0 radical (unpaired) electrons. The Hall–Kier alpha value is -0.160. The van der Waals surface area contributed by atoms with Crippen LogP contribution in [0.1, 0.15) is 19.3 Å². The summed E-state index contributed by atoms with van der Waals surface area (Å²) >= 11 is 2.04. The van der Waals surface area contributed by atoms with Gasteiger partial charge in [-0.1, -0.05) is 0 Å². The van der Waals surface area contributed by atoms with E-state index in [4.69, 9.17) is 6.57 Å². The summed E-state index contributed by atoms with van der Waals surface area (Å²) in [7, 11) is 0. The molecule has 1 unspecified atom stereocenters. The molecule has 0 aromatic heterocycles. The molecule has 0 N–H and O–H groups in total. The summed E-state index contributed by atoms with van der Waals surface area (Å²) in [6, 6.07) is 0. The van der Waals surface area contributed by atoms with Crippen LogP contribution in [0.4, 0.5) is 0 Å². The molecule has 1 saturated heterocycles. The number of hydrogen-bond acceptors (Lipinski definition) is 1. The van der Waals surface area contributed by atoms with Crippen LogP contribution in [0.3, 0.4) is 0 Å². The van der Waals surface area contributed by atoms with Crippen molar-refractivity contribution in [1.29, 1.82) is 0 Å². The van der Waals surface area contributed by atoms with Crippen molar-refractivity contribution in [1.82, 2.24) is 0 Å². The molecule has 0 aliphatic carbocycles. The lowest BCUT2D eigenvalue weighted by Gasteiger charge is -2.00. The number of thioether (sulfide) groups is 1. The molecule has 9 heavy (non-hydrogen) atoms. The lowest BCUT2D eigenvalue weighted by molar-refractivity contribution is 0.748. The molecule has 1 rings (SSSR count). The smallest absolute Gasteiger partial charge is 0.215 e. The Morgan fingerprint density at radius 1 is 1.67 bits per heavy atom. The maximum absolute atomic E-state index is 6.58. The van der Waals surface area contributed by atoms with Crippen LogP contribution in [0.5, 0.6) is 0 Å². The summed E-state index contributed by atoms with van der Waals surface area (Å²) in [5, 5.41) is 0.819. The quantitative estimate of drug-likeness (QED) is 0.533. The molecular weight excluding hydrogens is 130 g/mol. The first-order chi connectivity index (χ1) is 4.43. The highest BCUT2D eigenvalue weighted by molar-refractivity contribution is 8.00. The fourth-order valence-corrected chi connectivity index (χ4v) is 2.35. The lowest BCUT2D eigenvalue weighted by atomic mass is 10.2. The fourth-order valence-electron chi connectivity index (χ4n) is 1.08. The zero-order valence-corrected chi connectivity index (χ0v) is 6.28. The van der Waals surface area contributed by atoms with Gasteiger partial charge >= 0.3 is 0 Å². The van der Waals surface area contributed by atoms with Crippen LogP contribution in [0.15, 0.2) is 0 Å². The topological polar surface area (TPSA) is 4.36 Å². The first-order valence-electron chi connectivity index (χ1n) is 3.38. The van der Waals surface area contributed by atoms with Crippen molar-refractivity contribution in [2.24, 2.45) is 0 Å². The lowest BCUT2D eigenvalue weighted by Crippen LogP contribution is -1.96. The van der Waals surface area contributed by atoms with Gasteiger partial charge in [0, 0.05) is 11.7 Å². The van der Waals surface area contributed by atoms with Gasteiger partial charge in [-0.15, -0.1) is 0 Å². The molecule has 1 atom stereocenters. The van der Waals surface area contributed by atoms with Gasteiger partial charge in [0.15, 0.2) is 0 Å². The number of hydrogen-bond donors (Lipinski definition) is 0. The number of rotatable bonds is 2. The van der Waals surface area contributed by atoms with Gasteiger partial charge in [-0.25, -0.2) is 6.57 Å². The van der Waals surface area contributed by atoms with Gasteiger partial charge < -0.3 is 4.85 Å². The van der Waals surface area contributed by atoms with Crippen LogP contribution in [-0.4, -0.2) is 17.5 Å². The Morgan fingerprint density at radius 2 is 2.56 bits per heavy atom. The maximum Gasteiger partial charge on any atom is 0.215 e. The normalized spacial score (nSPS) is 25.9. The van der Waals surface area contributed by atoms with Gasteiger partial charge in [-0.2, -0.15) is 11.8 Å². The number of nitrogens with zero attached hydrogens (tertiary/aromatic N) is 1. The summed E-state index contributed by atoms with van der Waals surface area (Å²) in [5.74, 6) is 1.32. The van der Waals surface area contributed by atoms with E-state index in [1.165, 1.54) is 18.6 Å². The zero-order valence-electron chi connectivity index (χ0n) is 5.47. The molecule has 50 valence electrons. The molecule has 0 aromatic carbocycles.